The largest absolute Gasteiger partial charge is 0.447 e. The number of hydrogen-bond donors (Lipinski definition) is 0. The fraction of sp³-hybridized carbons (Fsp3) is 0.818. The van der Waals surface area contributed by atoms with Crippen LogP contribution in [0.2, 0.25) is 0 Å². The second-order valence-electron chi connectivity index (χ2n) is 9.65. The Morgan fingerprint density at radius 3 is 2.69 bits per heavy atom. The van der Waals surface area contributed by atoms with Gasteiger partial charge in [-0.15, -0.1) is 0 Å². The van der Waals surface area contributed by atoms with Crippen molar-refractivity contribution in [3.63, 3.8) is 0 Å². The monoisotopic (exact) mass is 360 g/mol. The van der Waals surface area contributed by atoms with E-state index in [9.17, 15) is 9.59 Å². The van der Waals surface area contributed by atoms with E-state index in [2.05, 4.69) is 40.7 Å². The highest BCUT2D eigenvalue weighted by Crippen LogP contribution is 2.61. The number of allylic oxidation sites excluding steroid dienone is 1. The third-order valence-electron chi connectivity index (χ3n) is 7.75. The van der Waals surface area contributed by atoms with Crippen molar-refractivity contribution in [1.29, 1.82) is 0 Å². The van der Waals surface area contributed by atoms with E-state index < -0.39 is 22.6 Å². The zero-order chi connectivity index (χ0) is 18.9. The summed E-state index contributed by atoms with van der Waals surface area (Å²) in [6, 6.07) is 0. The number of epoxide rings is 1. The Hall–Kier alpha value is -1.16. The number of rotatable bonds is 1. The highest BCUT2D eigenvalue weighted by atomic mass is 16.7. The number of hydrogen-bond acceptors (Lipinski definition) is 4. The van der Waals surface area contributed by atoms with E-state index in [4.69, 9.17) is 9.47 Å². The first-order valence-corrected chi connectivity index (χ1v) is 10.4. The minimum atomic E-state index is -1.32. The molecule has 2 saturated heterocycles. The van der Waals surface area contributed by atoms with Crippen LogP contribution < -0.4 is 0 Å². The van der Waals surface area contributed by atoms with Gasteiger partial charge in [0.1, 0.15) is 6.10 Å². The molecule has 2 bridgehead atoms. The maximum absolute atomic E-state index is 13.8. The van der Waals surface area contributed by atoms with Crippen LogP contribution in [0.4, 0.5) is 0 Å². The average molecular weight is 360 g/mol. The topological polar surface area (TPSA) is 55.9 Å². The van der Waals surface area contributed by atoms with Crippen LogP contribution in [-0.2, 0) is 19.1 Å². The predicted octanol–water partition coefficient (Wildman–Crippen LogP) is 4.22. The van der Waals surface area contributed by atoms with Gasteiger partial charge in [-0.25, -0.2) is 4.79 Å². The van der Waals surface area contributed by atoms with Crippen LogP contribution in [0, 0.1) is 23.2 Å². The van der Waals surface area contributed by atoms with Gasteiger partial charge >= 0.3 is 5.97 Å². The molecule has 0 amide bonds. The molecule has 3 fully saturated rings. The third-order valence-corrected chi connectivity index (χ3v) is 7.75. The summed E-state index contributed by atoms with van der Waals surface area (Å²) in [4.78, 5) is 26.7. The van der Waals surface area contributed by atoms with Crippen LogP contribution in [0.1, 0.15) is 73.1 Å². The molecule has 0 aromatic heterocycles. The Morgan fingerprint density at radius 2 is 2.00 bits per heavy atom. The van der Waals surface area contributed by atoms with Gasteiger partial charge in [0.2, 0.25) is 5.78 Å². The van der Waals surface area contributed by atoms with E-state index in [1.807, 2.05) is 0 Å². The van der Waals surface area contributed by atoms with Crippen LogP contribution in [-0.4, -0.2) is 29.1 Å². The molecule has 2 aliphatic carbocycles. The fourth-order valence-corrected chi connectivity index (χ4v) is 6.13. The summed E-state index contributed by atoms with van der Waals surface area (Å²) in [5, 5.41) is 0. The molecule has 2 heterocycles. The van der Waals surface area contributed by atoms with E-state index in [0.29, 0.717) is 12.3 Å². The lowest BCUT2D eigenvalue weighted by molar-refractivity contribution is -0.167. The molecule has 0 aromatic rings. The standard InChI is InChI=1S/C22H32O4/c1-6-16-12-21-18(23)22(19(24)26-21)17(25-22)14(3)10-13(2)8-7-9-20(21,5)11-15(16)4/h11,13-14,16-17H,6-10,12H2,1-5H3/t13-,14+,16-,17+,20-,21+,22-/m1/s1. The second kappa shape index (κ2) is 5.67. The molecule has 26 heavy (non-hydrogen) atoms. The summed E-state index contributed by atoms with van der Waals surface area (Å²) >= 11 is 0. The molecule has 2 spiro atoms. The maximum Gasteiger partial charge on any atom is 0.350 e. The molecular formula is C22H32O4. The number of carbonyl (C=O) groups is 2. The highest BCUT2D eigenvalue weighted by molar-refractivity contribution is 6.19. The second-order valence-corrected chi connectivity index (χ2v) is 9.65. The summed E-state index contributed by atoms with van der Waals surface area (Å²) in [6.07, 6.45) is 7.56. The van der Waals surface area contributed by atoms with Crippen LogP contribution in [0.3, 0.4) is 0 Å². The van der Waals surface area contributed by atoms with Crippen LogP contribution in [0.5, 0.6) is 0 Å². The van der Waals surface area contributed by atoms with Crippen LogP contribution in [0.25, 0.3) is 0 Å². The lowest BCUT2D eigenvalue weighted by Gasteiger charge is -2.47. The Labute approximate surface area is 156 Å². The molecule has 0 unspecified atom stereocenters. The van der Waals surface area contributed by atoms with Gasteiger partial charge in [-0.1, -0.05) is 52.2 Å². The molecule has 0 aromatic carbocycles. The van der Waals surface area contributed by atoms with Gasteiger partial charge in [-0.2, -0.15) is 0 Å². The predicted molar refractivity (Wildman–Crippen MR) is 98.5 cm³/mol. The van der Waals surface area contributed by atoms with Crippen LogP contribution in [0.15, 0.2) is 11.6 Å². The van der Waals surface area contributed by atoms with Crippen LogP contribution >= 0.6 is 0 Å². The van der Waals surface area contributed by atoms with E-state index in [-0.39, 0.29) is 23.7 Å². The van der Waals surface area contributed by atoms with Gasteiger partial charge in [0.25, 0.3) is 5.60 Å². The quantitative estimate of drug-likeness (QED) is 0.304. The summed E-state index contributed by atoms with van der Waals surface area (Å²) in [7, 11) is 0. The van der Waals surface area contributed by atoms with Gasteiger partial charge in [-0.05, 0) is 43.9 Å². The molecule has 4 nitrogen and oxygen atoms in total. The Morgan fingerprint density at radius 1 is 1.27 bits per heavy atom. The molecule has 7 atom stereocenters. The van der Waals surface area contributed by atoms with Crippen molar-refractivity contribution in [2.24, 2.45) is 23.2 Å². The first kappa shape index (κ1) is 18.2. The van der Waals surface area contributed by atoms with E-state index in [0.717, 1.165) is 32.1 Å². The summed E-state index contributed by atoms with van der Waals surface area (Å²) in [5.41, 5.74) is -1.48. The Kier molecular flexibility index (Phi) is 3.97. The normalized spacial score (nSPS) is 50.9. The van der Waals surface area contributed by atoms with Crippen molar-refractivity contribution < 1.29 is 19.1 Å². The molecule has 1 saturated carbocycles. The number of Topliss-reactive ketones (excluding diaryl/α,β-unsaturated/α-hetero) is 1. The van der Waals surface area contributed by atoms with Crippen molar-refractivity contribution in [3.8, 4) is 0 Å². The summed E-state index contributed by atoms with van der Waals surface area (Å²) < 4.78 is 11.9. The van der Waals surface area contributed by atoms with Gasteiger partial charge in [0.15, 0.2) is 5.60 Å². The van der Waals surface area contributed by atoms with Gasteiger partial charge in [0, 0.05) is 11.8 Å². The highest BCUT2D eigenvalue weighted by Gasteiger charge is 2.82. The summed E-state index contributed by atoms with van der Waals surface area (Å²) in [5.74, 6) is 0.538. The van der Waals surface area contributed by atoms with Crippen molar-refractivity contribution >= 4 is 11.8 Å². The summed E-state index contributed by atoms with van der Waals surface area (Å²) in [6.45, 7) is 10.8. The molecular weight excluding hydrogens is 328 g/mol. The number of esters is 1. The third kappa shape index (κ3) is 2.17. The lowest BCUT2D eigenvalue weighted by Crippen LogP contribution is -2.56. The fourth-order valence-electron chi connectivity index (χ4n) is 6.13. The van der Waals surface area contributed by atoms with Crippen molar-refractivity contribution in [2.75, 3.05) is 0 Å². The average Bonchev–Trinajstić information content (AvgIpc) is 3.28. The van der Waals surface area contributed by atoms with Crippen molar-refractivity contribution in [1.82, 2.24) is 0 Å². The zero-order valence-electron chi connectivity index (χ0n) is 16.8. The molecule has 4 aliphatic rings. The van der Waals surface area contributed by atoms with E-state index in [1.54, 1.807) is 0 Å². The minimum Gasteiger partial charge on any atom is -0.447 e. The Bertz CT molecular complexity index is 682. The zero-order valence-corrected chi connectivity index (χ0v) is 16.8. The maximum atomic E-state index is 13.8. The number of carbonyl (C=O) groups excluding carboxylic acids is 2. The SMILES string of the molecule is CC[C@@H]1C[C@@]23OC(=O)[C@]4(O[C@H]4[C@@H](C)C[C@H](C)CCC[C@]2(C)C=C1C)C3=O. The van der Waals surface area contributed by atoms with E-state index >= 15 is 0 Å². The first-order chi connectivity index (χ1) is 12.2. The first-order valence-electron chi connectivity index (χ1n) is 10.4. The van der Waals surface area contributed by atoms with Crippen molar-refractivity contribution in [2.45, 2.75) is 90.4 Å². The van der Waals surface area contributed by atoms with E-state index in [1.165, 1.54) is 5.57 Å². The molecule has 2 aliphatic heterocycles. The van der Waals surface area contributed by atoms with Crippen molar-refractivity contribution in [3.05, 3.63) is 11.6 Å². The lowest BCUT2D eigenvalue weighted by atomic mass is 9.58. The van der Waals surface area contributed by atoms with Gasteiger partial charge in [0.05, 0.1) is 0 Å². The molecule has 0 N–H and O–H groups in total. The Balaban J connectivity index is 1.83. The molecule has 4 heteroatoms. The number of ether oxygens (including phenoxy) is 2. The number of ketones is 1. The molecule has 4 rings (SSSR count). The van der Waals surface area contributed by atoms with Gasteiger partial charge < -0.3 is 9.47 Å². The smallest absolute Gasteiger partial charge is 0.350 e. The van der Waals surface area contributed by atoms with Gasteiger partial charge in [-0.3, -0.25) is 4.79 Å². The molecule has 144 valence electrons. The minimum absolute atomic E-state index is 0.0916. The molecule has 0 radical (unpaired) electrons.